The van der Waals surface area contributed by atoms with Crippen LogP contribution in [-0.4, -0.2) is 42.0 Å². The van der Waals surface area contributed by atoms with Crippen LogP contribution in [0.25, 0.3) is 10.9 Å². The monoisotopic (exact) mass is 297 g/mol. The maximum atomic E-state index is 12.0. The van der Waals surface area contributed by atoms with Gasteiger partial charge in [0.1, 0.15) is 5.82 Å². The van der Waals surface area contributed by atoms with Gasteiger partial charge < -0.3 is 9.80 Å². The lowest BCUT2D eigenvalue weighted by molar-refractivity contribution is -0.131. The van der Waals surface area contributed by atoms with Gasteiger partial charge in [0.15, 0.2) is 0 Å². The minimum Gasteiger partial charge on any atom is -0.353 e. The number of benzene rings is 1. The Morgan fingerprint density at radius 1 is 1.18 bits per heavy atom. The quantitative estimate of drug-likeness (QED) is 0.874. The Labute approximate surface area is 131 Å². The van der Waals surface area contributed by atoms with Crippen LogP contribution in [0.4, 0.5) is 5.82 Å². The first-order valence-corrected chi connectivity index (χ1v) is 8.08. The average molecular weight is 297 g/mol. The summed E-state index contributed by atoms with van der Waals surface area (Å²) in [5, 5.41) is 1.21. The van der Waals surface area contributed by atoms with Crippen LogP contribution in [-0.2, 0) is 4.79 Å². The molecule has 116 valence electrons. The lowest BCUT2D eigenvalue weighted by atomic mass is 10.1. The van der Waals surface area contributed by atoms with Gasteiger partial charge in [-0.3, -0.25) is 4.79 Å². The molecule has 0 spiro atoms. The van der Waals surface area contributed by atoms with Gasteiger partial charge in [0.2, 0.25) is 5.91 Å². The number of pyridine rings is 1. The molecule has 1 aromatic heterocycles. The fourth-order valence-corrected chi connectivity index (χ4v) is 3.05. The first-order chi connectivity index (χ1) is 10.7. The molecule has 0 bridgehead atoms. The highest BCUT2D eigenvalue weighted by molar-refractivity contribution is 5.84. The van der Waals surface area contributed by atoms with Gasteiger partial charge in [-0.25, -0.2) is 4.98 Å². The Morgan fingerprint density at radius 3 is 2.64 bits per heavy atom. The van der Waals surface area contributed by atoms with Crippen LogP contribution >= 0.6 is 0 Å². The molecule has 2 heterocycles. The number of piperazine rings is 1. The first kappa shape index (κ1) is 14.8. The standard InChI is InChI=1S/C18H23N3O/c1-3-6-18(22)21-11-9-20(10-12-21)17-13-14(2)15-7-4-5-8-16(15)19-17/h4-5,7-8,13H,3,6,9-12H2,1-2H3. The highest BCUT2D eigenvalue weighted by Gasteiger charge is 2.21. The second kappa shape index (κ2) is 6.34. The zero-order valence-electron chi connectivity index (χ0n) is 13.4. The summed E-state index contributed by atoms with van der Waals surface area (Å²) in [5.74, 6) is 1.31. The summed E-state index contributed by atoms with van der Waals surface area (Å²) in [6.45, 7) is 7.50. The van der Waals surface area contributed by atoms with E-state index in [9.17, 15) is 4.79 Å². The third-order valence-electron chi connectivity index (χ3n) is 4.33. The van der Waals surface area contributed by atoms with Gasteiger partial charge in [0, 0.05) is 38.0 Å². The van der Waals surface area contributed by atoms with E-state index in [1.54, 1.807) is 0 Å². The Bertz CT molecular complexity index is 675. The molecule has 4 nitrogen and oxygen atoms in total. The molecular formula is C18H23N3O. The molecular weight excluding hydrogens is 274 g/mol. The Hall–Kier alpha value is -2.10. The van der Waals surface area contributed by atoms with Gasteiger partial charge in [-0.1, -0.05) is 25.1 Å². The van der Waals surface area contributed by atoms with E-state index in [0.717, 1.165) is 43.9 Å². The number of aryl methyl sites for hydroxylation is 1. The van der Waals surface area contributed by atoms with Crippen molar-refractivity contribution in [1.82, 2.24) is 9.88 Å². The van der Waals surface area contributed by atoms with Crippen LogP contribution in [0.5, 0.6) is 0 Å². The van der Waals surface area contributed by atoms with Crippen LogP contribution in [0.3, 0.4) is 0 Å². The highest BCUT2D eigenvalue weighted by atomic mass is 16.2. The summed E-state index contributed by atoms with van der Waals surface area (Å²) in [4.78, 5) is 21.0. The van der Waals surface area contributed by atoms with Crippen LogP contribution in [0.1, 0.15) is 25.3 Å². The lowest BCUT2D eigenvalue weighted by Gasteiger charge is -2.35. The minimum atomic E-state index is 0.282. The van der Waals surface area contributed by atoms with E-state index in [1.165, 1.54) is 10.9 Å². The van der Waals surface area contributed by atoms with Crippen molar-refractivity contribution in [3.05, 3.63) is 35.9 Å². The summed E-state index contributed by atoms with van der Waals surface area (Å²) in [5.41, 5.74) is 2.30. The molecule has 4 heteroatoms. The third kappa shape index (κ3) is 2.91. The third-order valence-corrected chi connectivity index (χ3v) is 4.33. The predicted molar refractivity (Wildman–Crippen MR) is 90.2 cm³/mol. The fourth-order valence-electron chi connectivity index (χ4n) is 3.05. The lowest BCUT2D eigenvalue weighted by Crippen LogP contribution is -2.49. The van der Waals surface area contributed by atoms with Gasteiger partial charge in [-0.05, 0) is 31.0 Å². The van der Waals surface area contributed by atoms with Crippen molar-refractivity contribution in [3.63, 3.8) is 0 Å². The van der Waals surface area contributed by atoms with E-state index in [2.05, 4.69) is 43.0 Å². The number of carbonyl (C=O) groups excluding carboxylic acids is 1. The molecule has 22 heavy (non-hydrogen) atoms. The van der Waals surface area contributed by atoms with E-state index in [0.29, 0.717) is 6.42 Å². The second-order valence-corrected chi connectivity index (χ2v) is 5.93. The molecule has 2 aromatic rings. The van der Waals surface area contributed by atoms with Gasteiger partial charge in [0.05, 0.1) is 5.52 Å². The van der Waals surface area contributed by atoms with E-state index in [-0.39, 0.29) is 5.91 Å². The van der Waals surface area contributed by atoms with Crippen LogP contribution < -0.4 is 4.90 Å². The number of anilines is 1. The predicted octanol–water partition coefficient (Wildman–Crippen LogP) is 2.99. The second-order valence-electron chi connectivity index (χ2n) is 5.93. The van der Waals surface area contributed by atoms with E-state index < -0.39 is 0 Å². The molecule has 0 atom stereocenters. The minimum absolute atomic E-state index is 0.282. The van der Waals surface area contributed by atoms with E-state index in [1.807, 2.05) is 11.0 Å². The fraction of sp³-hybridized carbons (Fsp3) is 0.444. The molecule has 1 aliphatic heterocycles. The molecule has 1 aromatic carbocycles. The molecule has 0 radical (unpaired) electrons. The first-order valence-electron chi connectivity index (χ1n) is 8.08. The molecule has 1 saturated heterocycles. The number of para-hydroxylation sites is 1. The van der Waals surface area contributed by atoms with E-state index >= 15 is 0 Å². The van der Waals surface area contributed by atoms with Gasteiger partial charge in [-0.2, -0.15) is 0 Å². The van der Waals surface area contributed by atoms with Crippen molar-refractivity contribution in [2.24, 2.45) is 0 Å². The van der Waals surface area contributed by atoms with Gasteiger partial charge in [0.25, 0.3) is 0 Å². The van der Waals surface area contributed by atoms with Crippen LogP contribution in [0.15, 0.2) is 30.3 Å². The van der Waals surface area contributed by atoms with Crippen molar-refractivity contribution < 1.29 is 4.79 Å². The maximum Gasteiger partial charge on any atom is 0.222 e. The number of rotatable bonds is 3. The normalized spacial score (nSPS) is 15.4. The number of nitrogens with zero attached hydrogens (tertiary/aromatic N) is 3. The number of hydrogen-bond acceptors (Lipinski definition) is 3. The Balaban J connectivity index is 1.75. The SMILES string of the molecule is CCCC(=O)N1CCN(c2cc(C)c3ccccc3n2)CC1. The molecule has 1 fully saturated rings. The van der Waals surface area contributed by atoms with Crippen LogP contribution in [0, 0.1) is 6.92 Å². The molecule has 0 N–H and O–H groups in total. The molecule has 0 aliphatic carbocycles. The van der Waals surface area contributed by atoms with Gasteiger partial charge in [-0.15, -0.1) is 0 Å². The number of amides is 1. The number of fused-ring (bicyclic) bond motifs is 1. The number of carbonyl (C=O) groups is 1. The van der Waals surface area contributed by atoms with Crippen LogP contribution in [0.2, 0.25) is 0 Å². The van der Waals surface area contributed by atoms with Crippen molar-refractivity contribution >= 4 is 22.6 Å². The molecule has 1 aliphatic rings. The summed E-state index contributed by atoms with van der Waals surface area (Å²) < 4.78 is 0. The summed E-state index contributed by atoms with van der Waals surface area (Å²) in [6, 6.07) is 10.4. The van der Waals surface area contributed by atoms with Crippen molar-refractivity contribution in [2.75, 3.05) is 31.1 Å². The topological polar surface area (TPSA) is 36.4 Å². The molecule has 0 unspecified atom stereocenters. The smallest absolute Gasteiger partial charge is 0.222 e. The van der Waals surface area contributed by atoms with E-state index in [4.69, 9.17) is 4.98 Å². The summed E-state index contributed by atoms with van der Waals surface area (Å²) in [7, 11) is 0. The molecule has 0 saturated carbocycles. The zero-order valence-corrected chi connectivity index (χ0v) is 13.4. The highest BCUT2D eigenvalue weighted by Crippen LogP contribution is 2.23. The molecule has 3 rings (SSSR count). The largest absolute Gasteiger partial charge is 0.353 e. The number of aromatic nitrogens is 1. The Morgan fingerprint density at radius 2 is 1.91 bits per heavy atom. The Kier molecular flexibility index (Phi) is 4.27. The number of hydrogen-bond donors (Lipinski definition) is 0. The van der Waals surface area contributed by atoms with Crippen molar-refractivity contribution in [1.29, 1.82) is 0 Å². The maximum absolute atomic E-state index is 12.0. The summed E-state index contributed by atoms with van der Waals surface area (Å²) in [6.07, 6.45) is 1.58. The van der Waals surface area contributed by atoms with Crippen molar-refractivity contribution in [3.8, 4) is 0 Å². The summed E-state index contributed by atoms with van der Waals surface area (Å²) >= 11 is 0. The zero-order chi connectivity index (χ0) is 15.5. The van der Waals surface area contributed by atoms with Gasteiger partial charge >= 0.3 is 0 Å². The van der Waals surface area contributed by atoms with Crippen molar-refractivity contribution in [2.45, 2.75) is 26.7 Å². The average Bonchev–Trinajstić information content (AvgIpc) is 2.55. The molecule has 1 amide bonds.